The van der Waals surface area contributed by atoms with E-state index in [1.54, 1.807) is 6.07 Å². The van der Waals surface area contributed by atoms with E-state index in [0.717, 1.165) is 11.1 Å². The fraction of sp³-hybridized carbons (Fsp3) is 0.136. The molecular formula is C22H20N2O4. The predicted octanol–water partition coefficient (Wildman–Crippen LogP) is 5.06. The van der Waals surface area contributed by atoms with Crippen molar-refractivity contribution in [2.45, 2.75) is 19.4 Å². The summed E-state index contributed by atoms with van der Waals surface area (Å²) in [4.78, 5) is 22.9. The normalized spacial score (nSPS) is 11.5. The van der Waals surface area contributed by atoms with Gasteiger partial charge in [0.1, 0.15) is 5.75 Å². The highest BCUT2D eigenvalue weighted by Gasteiger charge is 2.19. The topological polar surface area (TPSA) is 81.5 Å². The van der Waals surface area contributed by atoms with Crippen LogP contribution >= 0.6 is 0 Å². The van der Waals surface area contributed by atoms with Crippen molar-refractivity contribution in [3.63, 3.8) is 0 Å². The van der Waals surface area contributed by atoms with Crippen molar-refractivity contribution in [3.05, 3.63) is 89.0 Å². The number of anilines is 1. The van der Waals surface area contributed by atoms with Crippen LogP contribution in [0.5, 0.6) is 5.75 Å². The summed E-state index contributed by atoms with van der Waals surface area (Å²) in [6, 6.07) is 23.3. The number of nitro benzene ring substituents is 1. The van der Waals surface area contributed by atoms with E-state index in [-0.39, 0.29) is 11.6 Å². The van der Waals surface area contributed by atoms with Crippen molar-refractivity contribution in [1.82, 2.24) is 0 Å². The van der Waals surface area contributed by atoms with E-state index < -0.39 is 11.0 Å². The van der Waals surface area contributed by atoms with Gasteiger partial charge in [-0.25, -0.2) is 0 Å². The Kier molecular flexibility index (Phi) is 6.01. The number of rotatable bonds is 7. The molecule has 142 valence electrons. The van der Waals surface area contributed by atoms with Crippen LogP contribution in [0.1, 0.15) is 13.3 Å². The minimum Gasteiger partial charge on any atom is -0.481 e. The smallest absolute Gasteiger partial charge is 0.271 e. The van der Waals surface area contributed by atoms with E-state index in [9.17, 15) is 14.9 Å². The molecule has 0 radical (unpaired) electrons. The first-order valence-electron chi connectivity index (χ1n) is 8.94. The quantitative estimate of drug-likeness (QED) is 0.462. The zero-order valence-electron chi connectivity index (χ0n) is 15.4. The third-order valence-corrected chi connectivity index (χ3v) is 4.23. The van der Waals surface area contributed by atoms with Crippen LogP contribution in [0, 0.1) is 10.1 Å². The third kappa shape index (κ3) is 4.73. The van der Waals surface area contributed by atoms with Crippen LogP contribution in [-0.4, -0.2) is 16.9 Å². The molecule has 0 fully saturated rings. The SMILES string of the molecule is CCC(Oc1ccc(-c2ccccc2)cc1)C(=O)Nc1cccc([N+](=O)[O-])c1. The number of nitrogens with one attached hydrogen (secondary N) is 1. The van der Waals surface area contributed by atoms with Gasteiger partial charge < -0.3 is 10.1 Å². The molecule has 0 saturated carbocycles. The molecule has 6 nitrogen and oxygen atoms in total. The molecule has 28 heavy (non-hydrogen) atoms. The Morgan fingerprint density at radius 1 is 1.00 bits per heavy atom. The first-order chi connectivity index (χ1) is 13.6. The lowest BCUT2D eigenvalue weighted by atomic mass is 10.1. The Morgan fingerprint density at radius 3 is 2.32 bits per heavy atom. The molecule has 0 saturated heterocycles. The average Bonchev–Trinajstić information content (AvgIpc) is 2.73. The summed E-state index contributed by atoms with van der Waals surface area (Å²) in [5.41, 5.74) is 2.44. The number of nitro groups is 1. The van der Waals surface area contributed by atoms with Gasteiger partial charge in [-0.3, -0.25) is 14.9 Å². The summed E-state index contributed by atoms with van der Waals surface area (Å²) < 4.78 is 5.82. The van der Waals surface area contributed by atoms with Gasteiger partial charge in [-0.05, 0) is 35.7 Å². The van der Waals surface area contributed by atoms with Crippen LogP contribution in [0.4, 0.5) is 11.4 Å². The van der Waals surface area contributed by atoms with Gasteiger partial charge in [0, 0.05) is 17.8 Å². The van der Waals surface area contributed by atoms with Gasteiger partial charge in [-0.15, -0.1) is 0 Å². The largest absolute Gasteiger partial charge is 0.481 e. The van der Waals surface area contributed by atoms with E-state index in [1.807, 2.05) is 61.5 Å². The van der Waals surface area contributed by atoms with Crippen molar-refractivity contribution in [3.8, 4) is 16.9 Å². The van der Waals surface area contributed by atoms with Crippen molar-refractivity contribution in [2.75, 3.05) is 5.32 Å². The molecule has 3 aromatic carbocycles. The molecule has 3 aromatic rings. The number of nitrogens with zero attached hydrogens (tertiary/aromatic N) is 1. The highest BCUT2D eigenvalue weighted by Crippen LogP contribution is 2.23. The molecule has 1 amide bonds. The Balaban J connectivity index is 1.67. The summed E-state index contributed by atoms with van der Waals surface area (Å²) in [7, 11) is 0. The van der Waals surface area contributed by atoms with Gasteiger partial charge in [0.25, 0.3) is 11.6 Å². The van der Waals surface area contributed by atoms with Gasteiger partial charge in [0.15, 0.2) is 6.10 Å². The summed E-state index contributed by atoms with van der Waals surface area (Å²) in [5, 5.41) is 13.5. The van der Waals surface area contributed by atoms with E-state index in [1.165, 1.54) is 18.2 Å². The van der Waals surface area contributed by atoms with Crippen LogP contribution in [0.15, 0.2) is 78.9 Å². The fourth-order valence-electron chi connectivity index (χ4n) is 2.76. The molecule has 0 heterocycles. The number of amides is 1. The summed E-state index contributed by atoms with van der Waals surface area (Å²) in [6.07, 6.45) is -0.247. The molecule has 6 heteroatoms. The lowest BCUT2D eigenvalue weighted by Crippen LogP contribution is -2.32. The minimum absolute atomic E-state index is 0.0803. The molecule has 1 unspecified atom stereocenters. The van der Waals surface area contributed by atoms with E-state index in [0.29, 0.717) is 17.9 Å². The highest BCUT2D eigenvalue weighted by atomic mass is 16.6. The van der Waals surface area contributed by atoms with Gasteiger partial charge in [-0.1, -0.05) is 55.5 Å². The lowest BCUT2D eigenvalue weighted by molar-refractivity contribution is -0.384. The van der Waals surface area contributed by atoms with E-state index in [2.05, 4.69) is 5.32 Å². The van der Waals surface area contributed by atoms with Crippen LogP contribution in [-0.2, 0) is 4.79 Å². The molecule has 3 rings (SSSR count). The van der Waals surface area contributed by atoms with Crippen LogP contribution in [0.2, 0.25) is 0 Å². The molecule has 0 aliphatic heterocycles. The zero-order valence-corrected chi connectivity index (χ0v) is 15.4. The third-order valence-electron chi connectivity index (χ3n) is 4.23. The van der Waals surface area contributed by atoms with E-state index in [4.69, 9.17) is 4.74 Å². The number of non-ortho nitro benzene ring substituents is 1. The number of hydrogen-bond acceptors (Lipinski definition) is 4. The fourth-order valence-corrected chi connectivity index (χ4v) is 2.76. The maximum atomic E-state index is 12.5. The number of ether oxygens (including phenoxy) is 1. The molecule has 0 aliphatic rings. The predicted molar refractivity (Wildman–Crippen MR) is 108 cm³/mol. The number of carbonyl (C=O) groups excluding carboxylic acids is 1. The molecular weight excluding hydrogens is 356 g/mol. The van der Waals surface area contributed by atoms with Crippen molar-refractivity contribution >= 4 is 17.3 Å². The second kappa shape index (κ2) is 8.81. The van der Waals surface area contributed by atoms with E-state index >= 15 is 0 Å². The summed E-state index contributed by atoms with van der Waals surface area (Å²) in [6.45, 7) is 1.84. The first kappa shape index (κ1) is 19.1. The van der Waals surface area contributed by atoms with Crippen LogP contribution < -0.4 is 10.1 Å². The highest BCUT2D eigenvalue weighted by molar-refractivity contribution is 5.94. The average molecular weight is 376 g/mol. The van der Waals surface area contributed by atoms with Crippen LogP contribution in [0.25, 0.3) is 11.1 Å². The minimum atomic E-state index is -0.707. The maximum absolute atomic E-state index is 12.5. The number of benzene rings is 3. The molecule has 0 bridgehead atoms. The molecule has 1 atom stereocenters. The molecule has 0 spiro atoms. The lowest BCUT2D eigenvalue weighted by Gasteiger charge is -2.17. The first-order valence-corrected chi connectivity index (χ1v) is 8.94. The van der Waals surface area contributed by atoms with Gasteiger partial charge >= 0.3 is 0 Å². The van der Waals surface area contributed by atoms with Crippen LogP contribution in [0.3, 0.4) is 0 Å². The van der Waals surface area contributed by atoms with Gasteiger partial charge in [-0.2, -0.15) is 0 Å². The monoisotopic (exact) mass is 376 g/mol. The standard InChI is InChI=1S/C22H20N2O4/c1-2-21(22(25)23-18-9-6-10-19(15-18)24(26)27)28-20-13-11-17(12-14-20)16-7-4-3-5-8-16/h3-15,21H,2H2,1H3,(H,23,25). The summed E-state index contributed by atoms with van der Waals surface area (Å²) in [5.74, 6) is 0.232. The summed E-state index contributed by atoms with van der Waals surface area (Å²) >= 11 is 0. The number of carbonyl (C=O) groups is 1. The Morgan fingerprint density at radius 2 is 1.68 bits per heavy atom. The van der Waals surface area contributed by atoms with Crippen molar-refractivity contribution < 1.29 is 14.5 Å². The molecule has 1 N–H and O–H groups in total. The Labute approximate surface area is 162 Å². The number of hydrogen-bond donors (Lipinski definition) is 1. The van der Waals surface area contributed by atoms with Crippen molar-refractivity contribution in [2.24, 2.45) is 0 Å². The van der Waals surface area contributed by atoms with Crippen molar-refractivity contribution in [1.29, 1.82) is 0 Å². The maximum Gasteiger partial charge on any atom is 0.271 e. The zero-order chi connectivity index (χ0) is 19.9. The second-order valence-corrected chi connectivity index (χ2v) is 6.20. The van der Waals surface area contributed by atoms with Gasteiger partial charge in [0.05, 0.1) is 4.92 Å². The Bertz CT molecular complexity index is 956. The molecule has 0 aliphatic carbocycles. The second-order valence-electron chi connectivity index (χ2n) is 6.20. The van der Waals surface area contributed by atoms with Gasteiger partial charge in [0.2, 0.25) is 0 Å². The molecule has 0 aromatic heterocycles. The Hall–Kier alpha value is -3.67.